The van der Waals surface area contributed by atoms with Gasteiger partial charge in [0.25, 0.3) is 0 Å². The summed E-state index contributed by atoms with van der Waals surface area (Å²) in [6.07, 6.45) is 3.38. The normalized spacial score (nSPS) is 14.2. The number of aromatic nitrogens is 3. The average Bonchev–Trinajstić information content (AvgIpc) is 3.05. The number of halogens is 2. The first-order valence-electron chi connectivity index (χ1n) is 8.92. The summed E-state index contributed by atoms with van der Waals surface area (Å²) >= 11 is 12.1. The summed E-state index contributed by atoms with van der Waals surface area (Å²) in [5.41, 5.74) is 1.08. The molecule has 1 N–H and O–H groups in total. The largest absolute Gasteiger partial charge is 0.357 e. The number of aryl methyl sites for hydroxylation is 1. The topological polar surface area (TPSA) is 58.3 Å². The van der Waals surface area contributed by atoms with Gasteiger partial charge in [-0.05, 0) is 37.5 Å². The lowest BCUT2D eigenvalue weighted by molar-refractivity contribution is 0.474. The van der Waals surface area contributed by atoms with E-state index in [1.165, 1.54) is 12.8 Å². The number of fused-ring (bicyclic) bond motifs is 1. The van der Waals surface area contributed by atoms with Crippen molar-refractivity contribution in [1.29, 1.82) is 0 Å². The van der Waals surface area contributed by atoms with Crippen LogP contribution >= 0.6 is 23.2 Å². The van der Waals surface area contributed by atoms with Gasteiger partial charge < -0.3 is 14.8 Å². The van der Waals surface area contributed by atoms with Gasteiger partial charge >= 0.3 is 0 Å². The highest BCUT2D eigenvalue weighted by atomic mass is 35.5. The quantitative estimate of drug-likeness (QED) is 0.622. The van der Waals surface area contributed by atoms with Crippen molar-refractivity contribution in [3.05, 3.63) is 45.5 Å². The Balaban J connectivity index is 1.71. The Labute approximate surface area is 164 Å². The molecule has 0 atom stereocenters. The smallest absolute Gasteiger partial charge is 0.194 e. The van der Waals surface area contributed by atoms with E-state index in [-0.39, 0.29) is 0 Å². The number of nitrogens with one attached hydrogen (secondary N) is 1. The fraction of sp³-hybridized carbons (Fsp3) is 0.500. The number of nitrogens with zero attached hydrogens (tertiary/aromatic N) is 5. The lowest BCUT2D eigenvalue weighted by atomic mass is 10.2. The van der Waals surface area contributed by atoms with E-state index < -0.39 is 0 Å². The molecule has 1 aromatic heterocycles. The van der Waals surface area contributed by atoms with Gasteiger partial charge in [0.15, 0.2) is 11.8 Å². The second kappa shape index (κ2) is 8.73. The van der Waals surface area contributed by atoms with E-state index in [0.717, 1.165) is 42.7 Å². The molecule has 0 saturated heterocycles. The molecule has 0 amide bonds. The number of aliphatic imine (C=N–C) groups is 1. The Morgan fingerprint density at radius 3 is 2.88 bits per heavy atom. The van der Waals surface area contributed by atoms with Crippen LogP contribution < -0.4 is 5.32 Å². The minimum Gasteiger partial charge on any atom is -0.357 e. The number of guanidine groups is 1. The molecule has 0 fully saturated rings. The third-order valence-corrected chi connectivity index (χ3v) is 5.15. The molecule has 3 rings (SSSR count). The number of benzene rings is 1. The molecule has 0 saturated carbocycles. The zero-order valence-electron chi connectivity index (χ0n) is 15.2. The number of rotatable bonds is 5. The monoisotopic (exact) mass is 394 g/mol. The van der Waals surface area contributed by atoms with E-state index in [4.69, 9.17) is 28.2 Å². The van der Waals surface area contributed by atoms with Crippen LogP contribution in [0.4, 0.5) is 0 Å². The first kappa shape index (κ1) is 19.0. The second-order valence-corrected chi connectivity index (χ2v) is 7.23. The standard InChI is InChI=1S/C18H24Cl2N6/c1-3-21-18(25(2)12-13-7-8-14(19)15(20)10-13)22-11-17-24-23-16-6-4-5-9-26(16)17/h7-8,10H,3-6,9,11-12H2,1-2H3,(H,21,22). The van der Waals surface area contributed by atoms with Gasteiger partial charge in [0.05, 0.1) is 10.0 Å². The maximum Gasteiger partial charge on any atom is 0.194 e. The van der Waals surface area contributed by atoms with Crippen LogP contribution in [-0.4, -0.2) is 39.2 Å². The molecule has 1 aromatic carbocycles. The lowest BCUT2D eigenvalue weighted by Crippen LogP contribution is -2.38. The fourth-order valence-corrected chi connectivity index (χ4v) is 3.41. The van der Waals surface area contributed by atoms with Gasteiger partial charge in [-0.15, -0.1) is 10.2 Å². The van der Waals surface area contributed by atoms with Crippen molar-refractivity contribution >= 4 is 29.2 Å². The summed E-state index contributed by atoms with van der Waals surface area (Å²) in [5, 5.41) is 13.1. The Morgan fingerprint density at radius 1 is 1.27 bits per heavy atom. The third kappa shape index (κ3) is 4.48. The maximum absolute atomic E-state index is 6.12. The molecule has 1 aliphatic heterocycles. The molecule has 0 radical (unpaired) electrons. The first-order valence-corrected chi connectivity index (χ1v) is 9.68. The molecule has 0 unspecified atom stereocenters. The molecule has 6 nitrogen and oxygen atoms in total. The van der Waals surface area contributed by atoms with Gasteiger partial charge in [-0.25, -0.2) is 4.99 Å². The van der Waals surface area contributed by atoms with Gasteiger partial charge in [0.2, 0.25) is 0 Å². The Hall–Kier alpha value is -1.79. The molecule has 0 aliphatic carbocycles. The van der Waals surface area contributed by atoms with Gasteiger partial charge in [0.1, 0.15) is 12.4 Å². The van der Waals surface area contributed by atoms with Crippen molar-refractivity contribution in [2.24, 2.45) is 4.99 Å². The van der Waals surface area contributed by atoms with Crippen molar-refractivity contribution in [2.45, 2.75) is 45.8 Å². The highest BCUT2D eigenvalue weighted by Crippen LogP contribution is 2.23. The third-order valence-electron chi connectivity index (χ3n) is 4.41. The van der Waals surface area contributed by atoms with Crippen LogP contribution in [0.2, 0.25) is 10.0 Å². The van der Waals surface area contributed by atoms with Crippen LogP contribution in [0.25, 0.3) is 0 Å². The Bertz CT molecular complexity index is 786. The van der Waals surface area contributed by atoms with Crippen LogP contribution in [0, 0.1) is 0 Å². The summed E-state index contributed by atoms with van der Waals surface area (Å²) in [5.74, 6) is 2.83. The van der Waals surface area contributed by atoms with Gasteiger partial charge in [-0.1, -0.05) is 29.3 Å². The highest BCUT2D eigenvalue weighted by Gasteiger charge is 2.16. The molecule has 2 heterocycles. The van der Waals surface area contributed by atoms with Gasteiger partial charge in [-0.2, -0.15) is 0 Å². The summed E-state index contributed by atoms with van der Waals surface area (Å²) in [4.78, 5) is 6.82. The minimum absolute atomic E-state index is 0.515. The summed E-state index contributed by atoms with van der Waals surface area (Å²) < 4.78 is 2.20. The van der Waals surface area contributed by atoms with Crippen LogP contribution in [0.3, 0.4) is 0 Å². The van der Waals surface area contributed by atoms with Crippen molar-refractivity contribution in [1.82, 2.24) is 25.0 Å². The average molecular weight is 395 g/mol. The molecule has 0 bridgehead atoms. The molecule has 2 aromatic rings. The van der Waals surface area contributed by atoms with Crippen LogP contribution in [0.5, 0.6) is 0 Å². The molecular weight excluding hydrogens is 371 g/mol. The summed E-state index contributed by atoms with van der Waals surface area (Å²) in [6.45, 7) is 5.04. The molecule has 140 valence electrons. The minimum atomic E-state index is 0.515. The van der Waals surface area contributed by atoms with Crippen molar-refractivity contribution < 1.29 is 0 Å². The lowest BCUT2D eigenvalue weighted by Gasteiger charge is -2.22. The predicted octanol–water partition coefficient (Wildman–Crippen LogP) is 3.52. The predicted molar refractivity (Wildman–Crippen MR) is 106 cm³/mol. The summed E-state index contributed by atoms with van der Waals surface area (Å²) in [7, 11) is 2.00. The van der Waals surface area contributed by atoms with E-state index in [1.807, 2.05) is 25.2 Å². The Morgan fingerprint density at radius 2 is 2.12 bits per heavy atom. The van der Waals surface area contributed by atoms with Gasteiger partial charge in [0, 0.05) is 33.1 Å². The zero-order valence-corrected chi connectivity index (χ0v) is 16.7. The zero-order chi connectivity index (χ0) is 18.5. The van der Waals surface area contributed by atoms with Crippen molar-refractivity contribution in [3.63, 3.8) is 0 Å². The SMILES string of the molecule is CCNC(=NCc1nnc2n1CCCC2)N(C)Cc1ccc(Cl)c(Cl)c1. The van der Waals surface area contributed by atoms with Crippen LogP contribution in [-0.2, 0) is 26.1 Å². The van der Waals surface area contributed by atoms with E-state index in [9.17, 15) is 0 Å². The van der Waals surface area contributed by atoms with Gasteiger partial charge in [-0.3, -0.25) is 0 Å². The maximum atomic E-state index is 6.12. The molecule has 0 spiro atoms. The molecule has 1 aliphatic rings. The van der Waals surface area contributed by atoms with Crippen LogP contribution in [0.1, 0.15) is 37.0 Å². The van der Waals surface area contributed by atoms with Crippen LogP contribution in [0.15, 0.2) is 23.2 Å². The van der Waals surface area contributed by atoms with E-state index in [1.54, 1.807) is 0 Å². The van der Waals surface area contributed by atoms with E-state index in [0.29, 0.717) is 23.1 Å². The first-order chi connectivity index (χ1) is 12.6. The number of hydrogen-bond acceptors (Lipinski definition) is 3. The molecule has 26 heavy (non-hydrogen) atoms. The molecular formula is C18H24Cl2N6. The molecule has 8 heteroatoms. The van der Waals surface area contributed by atoms with Crippen molar-refractivity contribution in [3.8, 4) is 0 Å². The van der Waals surface area contributed by atoms with Crippen molar-refractivity contribution in [2.75, 3.05) is 13.6 Å². The fourth-order valence-electron chi connectivity index (χ4n) is 3.09. The second-order valence-electron chi connectivity index (χ2n) is 6.42. The summed E-state index contributed by atoms with van der Waals surface area (Å²) in [6, 6.07) is 5.68. The highest BCUT2D eigenvalue weighted by molar-refractivity contribution is 6.42. The van der Waals surface area contributed by atoms with E-state index >= 15 is 0 Å². The number of hydrogen-bond donors (Lipinski definition) is 1. The van der Waals surface area contributed by atoms with E-state index in [2.05, 4.69) is 31.9 Å². The Kier molecular flexibility index (Phi) is 6.38.